The number of nitrogens with one attached hydrogen (secondary N) is 1. The Kier molecular flexibility index (Phi) is 63.7. The van der Waals surface area contributed by atoms with E-state index >= 15 is 0 Å². The lowest BCUT2D eigenvalue weighted by Gasteiger charge is -2.26. The van der Waals surface area contributed by atoms with Gasteiger partial charge < -0.3 is 19.8 Å². The molecule has 0 rings (SSSR count). The van der Waals surface area contributed by atoms with Crippen molar-refractivity contribution in [2.75, 3.05) is 40.9 Å². The number of aliphatic hydroxyl groups excluding tert-OH is 1. The number of phosphoric ester groups is 1. The molecule has 0 aromatic carbocycles. The number of phosphoric acid groups is 1. The molecule has 3 atom stereocenters. The number of unbranched alkanes of at least 4 members (excludes halogenated alkanes) is 47. The fourth-order valence-electron chi connectivity index (χ4n) is 11.2. The van der Waals surface area contributed by atoms with Gasteiger partial charge in [0.05, 0.1) is 39.9 Å². The number of hydrogen-bond acceptors (Lipinski definition) is 5. The summed E-state index contributed by atoms with van der Waals surface area (Å²) in [4.78, 5) is 23.5. The second-order valence-corrected chi connectivity index (χ2v) is 27.8. The molecule has 0 spiro atoms. The normalized spacial score (nSPS) is 13.9. The lowest BCUT2D eigenvalue weighted by molar-refractivity contribution is -0.870. The molecule has 83 heavy (non-hydrogen) atoms. The summed E-state index contributed by atoms with van der Waals surface area (Å²) in [6.45, 7) is 4.83. The molecule has 1 amide bonds. The zero-order valence-corrected chi connectivity index (χ0v) is 57.1. The first-order valence-corrected chi connectivity index (χ1v) is 38.0. The Hall–Kier alpha value is -1.54. The summed E-state index contributed by atoms with van der Waals surface area (Å²) in [5.74, 6) is -0.136. The van der Waals surface area contributed by atoms with Gasteiger partial charge in [0, 0.05) is 6.42 Å². The minimum atomic E-state index is -4.33. The average Bonchev–Trinajstić information content (AvgIpc) is 3.50. The Morgan fingerprint density at radius 3 is 1.06 bits per heavy atom. The quantitative estimate of drug-likeness (QED) is 0.0243. The van der Waals surface area contributed by atoms with Crippen molar-refractivity contribution in [1.29, 1.82) is 0 Å². The van der Waals surface area contributed by atoms with Crippen LogP contribution in [0.1, 0.15) is 367 Å². The predicted molar refractivity (Wildman–Crippen MR) is 364 cm³/mol. The number of aliphatic hydroxyl groups is 1. The number of amides is 1. The van der Waals surface area contributed by atoms with Gasteiger partial charge >= 0.3 is 7.82 Å². The Morgan fingerprint density at radius 2 is 0.723 bits per heavy atom. The molecule has 0 saturated heterocycles. The second-order valence-electron chi connectivity index (χ2n) is 26.3. The zero-order chi connectivity index (χ0) is 60.5. The number of hydrogen-bond donors (Lipinski definition) is 3. The molecule has 0 aliphatic rings. The summed E-state index contributed by atoms with van der Waals surface area (Å²) < 4.78 is 23.9. The number of likely N-dealkylation sites (N-methyl/N-ethyl adjacent to an activating group) is 1. The highest BCUT2D eigenvalue weighted by Gasteiger charge is 2.28. The molecule has 0 fully saturated rings. The van der Waals surface area contributed by atoms with Gasteiger partial charge in [-0.3, -0.25) is 13.8 Å². The summed E-state index contributed by atoms with van der Waals surface area (Å²) in [5.41, 5.74) is 0. The summed E-state index contributed by atoms with van der Waals surface area (Å²) in [6, 6.07) is -0.760. The smallest absolute Gasteiger partial charge is 0.391 e. The molecule has 3 N–H and O–H groups in total. The molecule has 0 radical (unpaired) electrons. The third-order valence-corrected chi connectivity index (χ3v) is 17.8. The molecular formula is C74H144N2O6P+. The fourth-order valence-corrected chi connectivity index (χ4v) is 12.0. The van der Waals surface area contributed by atoms with Crippen molar-refractivity contribution in [2.24, 2.45) is 0 Å². The number of quaternary nitrogens is 1. The van der Waals surface area contributed by atoms with Gasteiger partial charge in [-0.1, -0.05) is 358 Å². The van der Waals surface area contributed by atoms with Crippen LogP contribution in [0.4, 0.5) is 0 Å². The van der Waals surface area contributed by atoms with Crippen LogP contribution in [0.5, 0.6) is 0 Å². The van der Waals surface area contributed by atoms with Crippen LogP contribution in [-0.4, -0.2) is 73.4 Å². The maximum absolute atomic E-state index is 13.1. The number of carbonyl (C=O) groups is 1. The lowest BCUT2D eigenvalue weighted by atomic mass is 10.0. The molecule has 0 aliphatic heterocycles. The second kappa shape index (κ2) is 64.9. The summed E-state index contributed by atoms with van der Waals surface area (Å²) in [7, 11) is 1.63. The van der Waals surface area contributed by atoms with E-state index in [0.717, 1.165) is 64.2 Å². The molecule has 8 nitrogen and oxygen atoms in total. The lowest BCUT2D eigenvalue weighted by Crippen LogP contribution is -2.46. The van der Waals surface area contributed by atoms with Crippen LogP contribution in [0, 0.1) is 0 Å². The molecule has 0 heterocycles. The van der Waals surface area contributed by atoms with Crippen molar-refractivity contribution in [3.63, 3.8) is 0 Å². The van der Waals surface area contributed by atoms with Crippen LogP contribution >= 0.6 is 7.82 Å². The molecule has 9 heteroatoms. The number of carbonyl (C=O) groups excluding carboxylic acids is 1. The van der Waals surface area contributed by atoms with E-state index in [0.29, 0.717) is 23.9 Å². The summed E-state index contributed by atoms with van der Waals surface area (Å²) in [6.07, 6.45) is 88.0. The van der Waals surface area contributed by atoms with E-state index in [1.54, 1.807) is 0 Å². The zero-order valence-electron chi connectivity index (χ0n) is 56.2. The van der Waals surface area contributed by atoms with Crippen LogP contribution in [0.25, 0.3) is 0 Å². The SMILES string of the molecule is CC/C=C\C/C=C\C/C=C\C/C=C\CCCCCCCCCCCCCCCCCCCCCCCCCCC(=O)NC(COP(=O)(O)OCC[N+](C)(C)C)C(O)CCCCCCCCCCCCCCCCCCCCCCCCCC. The van der Waals surface area contributed by atoms with E-state index in [4.69, 9.17) is 9.05 Å². The van der Waals surface area contributed by atoms with E-state index in [-0.39, 0.29) is 19.1 Å². The Balaban J connectivity index is 3.94. The first kappa shape index (κ1) is 81.5. The third-order valence-electron chi connectivity index (χ3n) is 16.8. The molecule has 490 valence electrons. The van der Waals surface area contributed by atoms with Crippen LogP contribution in [-0.2, 0) is 18.4 Å². The number of allylic oxidation sites excluding steroid dienone is 8. The minimum Gasteiger partial charge on any atom is -0.391 e. The third kappa shape index (κ3) is 67.8. The van der Waals surface area contributed by atoms with Crippen molar-refractivity contribution in [3.8, 4) is 0 Å². The first-order valence-electron chi connectivity index (χ1n) is 36.5. The molecule has 0 aromatic heterocycles. The van der Waals surface area contributed by atoms with Gasteiger partial charge in [-0.2, -0.15) is 0 Å². The monoisotopic (exact) mass is 1190 g/mol. The van der Waals surface area contributed by atoms with Crippen molar-refractivity contribution < 1.29 is 32.9 Å². The van der Waals surface area contributed by atoms with Crippen molar-refractivity contribution >= 4 is 13.7 Å². The van der Waals surface area contributed by atoms with Gasteiger partial charge in [0.1, 0.15) is 13.2 Å². The van der Waals surface area contributed by atoms with Gasteiger partial charge in [-0.25, -0.2) is 4.57 Å². The molecule has 0 aliphatic carbocycles. The highest BCUT2D eigenvalue weighted by Crippen LogP contribution is 2.43. The molecule has 0 saturated carbocycles. The molecule has 0 aromatic rings. The van der Waals surface area contributed by atoms with E-state index < -0.39 is 20.0 Å². The highest BCUT2D eigenvalue weighted by atomic mass is 31.2. The molecular weight excluding hydrogens is 1040 g/mol. The summed E-state index contributed by atoms with van der Waals surface area (Å²) >= 11 is 0. The van der Waals surface area contributed by atoms with E-state index in [2.05, 4.69) is 67.8 Å². The number of rotatable bonds is 68. The molecule has 3 unspecified atom stereocenters. The van der Waals surface area contributed by atoms with Crippen molar-refractivity contribution in [2.45, 2.75) is 379 Å². The largest absolute Gasteiger partial charge is 0.472 e. The Labute approximate surface area is 518 Å². The molecule has 0 bridgehead atoms. The first-order chi connectivity index (χ1) is 40.5. The summed E-state index contributed by atoms with van der Waals surface area (Å²) in [5, 5.41) is 14.2. The van der Waals surface area contributed by atoms with Gasteiger partial charge in [-0.05, 0) is 51.4 Å². The Morgan fingerprint density at radius 1 is 0.422 bits per heavy atom. The standard InChI is InChI=1S/C74H143N2O6P/c1-6-8-10-12-14-16-18-20-22-24-26-28-30-32-33-34-35-36-37-38-39-40-41-42-43-44-46-48-50-52-54-56-58-60-62-64-66-68-74(78)75-72(71-82-83(79,80)81-70-69-76(3,4)5)73(77)67-65-63-61-59-57-55-53-51-49-47-45-31-29-27-25-23-21-19-17-15-13-11-9-7-2/h8,10,14,16,20,22,26,28,72-73,77H,6-7,9,11-13,15,17-19,21,23-25,27,29-71H2,1-5H3,(H-,75,78,79,80)/p+1/b10-8-,16-14-,22-20-,28-26-. The predicted octanol–water partition coefficient (Wildman–Crippen LogP) is 23.4. The van der Waals surface area contributed by atoms with E-state index in [1.165, 1.54) is 276 Å². The van der Waals surface area contributed by atoms with Gasteiger partial charge in [0.2, 0.25) is 5.91 Å². The fraction of sp³-hybridized carbons (Fsp3) is 0.878. The van der Waals surface area contributed by atoms with Crippen LogP contribution in [0.3, 0.4) is 0 Å². The topological polar surface area (TPSA) is 105 Å². The van der Waals surface area contributed by atoms with E-state index in [9.17, 15) is 19.4 Å². The van der Waals surface area contributed by atoms with Crippen molar-refractivity contribution in [3.05, 3.63) is 48.6 Å². The van der Waals surface area contributed by atoms with Crippen molar-refractivity contribution in [1.82, 2.24) is 5.32 Å². The van der Waals surface area contributed by atoms with Crippen LogP contribution < -0.4 is 5.32 Å². The van der Waals surface area contributed by atoms with Gasteiger partial charge in [0.15, 0.2) is 0 Å². The number of nitrogens with zero attached hydrogens (tertiary/aromatic N) is 1. The maximum Gasteiger partial charge on any atom is 0.472 e. The van der Waals surface area contributed by atoms with Crippen LogP contribution in [0.15, 0.2) is 48.6 Å². The van der Waals surface area contributed by atoms with Gasteiger partial charge in [-0.15, -0.1) is 0 Å². The van der Waals surface area contributed by atoms with Crippen LogP contribution in [0.2, 0.25) is 0 Å². The van der Waals surface area contributed by atoms with Gasteiger partial charge in [0.25, 0.3) is 0 Å². The van der Waals surface area contributed by atoms with E-state index in [1.807, 2.05) is 21.1 Å². The average molecular weight is 1190 g/mol. The highest BCUT2D eigenvalue weighted by molar-refractivity contribution is 7.47. The maximum atomic E-state index is 13.1. The Bertz CT molecular complexity index is 1490. The minimum absolute atomic E-state index is 0.0770.